The molecule has 0 fully saturated rings. The summed E-state index contributed by atoms with van der Waals surface area (Å²) in [6.07, 6.45) is 4.78. The van der Waals surface area contributed by atoms with Gasteiger partial charge >= 0.3 is 0 Å². The van der Waals surface area contributed by atoms with Crippen molar-refractivity contribution >= 4 is 44.3 Å². The number of nitrogens with zero attached hydrogens (tertiary/aromatic N) is 1. The van der Waals surface area contributed by atoms with E-state index >= 15 is 0 Å². The van der Waals surface area contributed by atoms with Crippen molar-refractivity contribution in [3.05, 3.63) is 90.3 Å². The largest absolute Gasteiger partial charge is 0.366 e. The number of aromatic nitrogens is 2. The van der Waals surface area contributed by atoms with Crippen molar-refractivity contribution in [2.75, 3.05) is 4.72 Å². The molecule has 0 aliphatic rings. The molecule has 2 aromatic carbocycles. The van der Waals surface area contributed by atoms with Crippen LogP contribution in [0.25, 0.3) is 22.7 Å². The van der Waals surface area contributed by atoms with Gasteiger partial charge in [-0.25, -0.2) is 13.4 Å². The lowest BCUT2D eigenvalue weighted by atomic mass is 10.0. The summed E-state index contributed by atoms with van der Waals surface area (Å²) < 4.78 is 27.7. The monoisotopic (exact) mass is 418 g/mol. The van der Waals surface area contributed by atoms with Crippen molar-refractivity contribution in [3.63, 3.8) is 0 Å². The molecular weight excluding hydrogens is 400 g/mol. The Morgan fingerprint density at radius 1 is 1.03 bits per heavy atom. The van der Waals surface area contributed by atoms with Crippen molar-refractivity contribution in [2.45, 2.75) is 4.90 Å². The summed E-state index contributed by atoms with van der Waals surface area (Å²) in [5, 5.41) is 0.651. The number of rotatable bonds is 6. The summed E-state index contributed by atoms with van der Waals surface area (Å²) in [5.41, 5.74) is 8.14. The van der Waals surface area contributed by atoms with Crippen LogP contribution < -0.4 is 10.5 Å². The molecule has 2 heterocycles. The molecule has 0 unspecified atom stereocenters. The fourth-order valence-corrected chi connectivity index (χ4v) is 4.14. The molecule has 0 atom stereocenters. The van der Waals surface area contributed by atoms with Gasteiger partial charge in [0, 0.05) is 22.7 Å². The van der Waals surface area contributed by atoms with E-state index in [4.69, 9.17) is 5.73 Å². The zero-order valence-corrected chi connectivity index (χ0v) is 16.6. The number of hydrogen-bond acceptors (Lipinski definition) is 4. The van der Waals surface area contributed by atoms with Gasteiger partial charge in [-0.3, -0.25) is 9.52 Å². The lowest BCUT2D eigenvalue weighted by molar-refractivity contribution is -0.112. The number of benzene rings is 2. The Morgan fingerprint density at radius 3 is 2.37 bits per heavy atom. The second kappa shape index (κ2) is 7.84. The van der Waals surface area contributed by atoms with Gasteiger partial charge in [-0.05, 0) is 29.8 Å². The molecule has 1 amide bonds. The molecule has 4 aromatic rings. The summed E-state index contributed by atoms with van der Waals surface area (Å²) in [6.45, 7) is 0. The molecule has 0 spiro atoms. The Kier molecular flexibility index (Phi) is 5.07. The lowest BCUT2D eigenvalue weighted by Crippen LogP contribution is -2.13. The van der Waals surface area contributed by atoms with Crippen LogP contribution in [0.2, 0.25) is 0 Å². The van der Waals surface area contributed by atoms with Crippen LogP contribution in [0, 0.1) is 0 Å². The minimum atomic E-state index is -3.75. The molecule has 0 radical (unpaired) electrons. The number of anilines is 1. The van der Waals surface area contributed by atoms with Gasteiger partial charge in [-0.1, -0.05) is 48.5 Å². The summed E-state index contributed by atoms with van der Waals surface area (Å²) in [4.78, 5) is 19.5. The Bertz CT molecular complexity index is 1350. The summed E-state index contributed by atoms with van der Waals surface area (Å²) in [5.74, 6) is -0.565. The maximum atomic E-state index is 12.6. The number of pyridine rings is 1. The minimum Gasteiger partial charge on any atom is -0.366 e. The van der Waals surface area contributed by atoms with Gasteiger partial charge in [-0.2, -0.15) is 0 Å². The number of aromatic amines is 1. The topological polar surface area (TPSA) is 118 Å². The van der Waals surface area contributed by atoms with E-state index in [0.29, 0.717) is 33.4 Å². The van der Waals surface area contributed by atoms with E-state index in [1.165, 1.54) is 18.3 Å². The molecule has 2 aromatic heterocycles. The molecular formula is C22H18N4O3S. The van der Waals surface area contributed by atoms with Crippen molar-refractivity contribution in [2.24, 2.45) is 5.73 Å². The number of hydrogen-bond donors (Lipinski definition) is 3. The molecule has 0 aliphatic carbocycles. The fraction of sp³-hybridized carbons (Fsp3) is 0. The van der Waals surface area contributed by atoms with E-state index < -0.39 is 15.9 Å². The second-order valence-corrected chi connectivity index (χ2v) is 8.25. The summed E-state index contributed by atoms with van der Waals surface area (Å²) in [7, 11) is -3.75. The molecule has 30 heavy (non-hydrogen) atoms. The normalized spacial score (nSPS) is 12.1. The Morgan fingerprint density at radius 2 is 1.70 bits per heavy atom. The van der Waals surface area contributed by atoms with E-state index in [-0.39, 0.29) is 4.90 Å². The van der Waals surface area contributed by atoms with E-state index in [9.17, 15) is 13.2 Å². The van der Waals surface area contributed by atoms with E-state index in [0.717, 1.165) is 0 Å². The quantitative estimate of drug-likeness (QED) is 0.416. The Hall–Kier alpha value is -3.91. The first-order valence-corrected chi connectivity index (χ1v) is 10.5. The van der Waals surface area contributed by atoms with Gasteiger partial charge < -0.3 is 10.7 Å². The first-order valence-electron chi connectivity index (χ1n) is 9.06. The first kappa shape index (κ1) is 19.4. The van der Waals surface area contributed by atoms with E-state index in [1.807, 2.05) is 18.2 Å². The van der Waals surface area contributed by atoms with Crippen LogP contribution in [-0.2, 0) is 14.8 Å². The first-order chi connectivity index (χ1) is 14.4. The van der Waals surface area contributed by atoms with E-state index in [1.54, 1.807) is 48.7 Å². The predicted molar refractivity (Wildman–Crippen MR) is 117 cm³/mol. The van der Waals surface area contributed by atoms with Crippen LogP contribution >= 0.6 is 0 Å². The maximum Gasteiger partial charge on any atom is 0.261 e. The second-order valence-electron chi connectivity index (χ2n) is 6.57. The number of carbonyl (C=O) groups excluding carboxylic acids is 1. The average Bonchev–Trinajstić information content (AvgIpc) is 3.15. The number of fused-ring (bicyclic) bond motifs is 1. The third kappa shape index (κ3) is 3.94. The molecule has 4 rings (SSSR count). The van der Waals surface area contributed by atoms with Crippen LogP contribution in [-0.4, -0.2) is 24.3 Å². The molecule has 0 aliphatic heterocycles. The number of nitrogens with one attached hydrogen (secondary N) is 2. The highest BCUT2D eigenvalue weighted by atomic mass is 32.2. The highest BCUT2D eigenvalue weighted by Crippen LogP contribution is 2.26. The Balaban J connectivity index is 1.74. The molecule has 0 bridgehead atoms. The van der Waals surface area contributed by atoms with Gasteiger partial charge in [-0.15, -0.1) is 0 Å². The molecule has 0 saturated carbocycles. The highest BCUT2D eigenvalue weighted by molar-refractivity contribution is 7.92. The molecule has 8 heteroatoms. The number of primary amides is 1. The predicted octanol–water partition coefficient (Wildman–Crippen LogP) is 3.39. The highest BCUT2D eigenvalue weighted by Gasteiger charge is 2.15. The van der Waals surface area contributed by atoms with Gasteiger partial charge in [0.15, 0.2) is 0 Å². The van der Waals surface area contributed by atoms with Crippen molar-refractivity contribution in [1.82, 2.24) is 9.97 Å². The van der Waals surface area contributed by atoms with Gasteiger partial charge in [0.05, 0.1) is 16.8 Å². The number of nitrogens with two attached hydrogens (primary N) is 1. The molecule has 7 nitrogen and oxygen atoms in total. The maximum absolute atomic E-state index is 12.6. The summed E-state index contributed by atoms with van der Waals surface area (Å²) in [6, 6.07) is 18.8. The third-order valence-corrected chi connectivity index (χ3v) is 5.92. The van der Waals surface area contributed by atoms with Crippen LogP contribution in [0.5, 0.6) is 0 Å². The third-order valence-electron chi connectivity index (χ3n) is 4.52. The van der Waals surface area contributed by atoms with Gasteiger partial charge in [0.25, 0.3) is 10.0 Å². The zero-order valence-electron chi connectivity index (χ0n) is 15.7. The molecule has 0 saturated heterocycles. The van der Waals surface area contributed by atoms with Crippen molar-refractivity contribution in [3.8, 4) is 0 Å². The molecule has 4 N–H and O–H groups in total. The van der Waals surface area contributed by atoms with Crippen molar-refractivity contribution in [1.29, 1.82) is 0 Å². The lowest BCUT2D eigenvalue weighted by Gasteiger charge is -2.08. The SMILES string of the molecule is NC(=O)/C(=C\c1c[nH]c2ncc(NS(=O)(=O)c3ccccc3)cc12)c1ccccc1. The molecule has 150 valence electrons. The number of carbonyl (C=O) groups is 1. The Labute approximate surface area is 173 Å². The standard InChI is InChI=1S/C22H18N4O3S/c23-21(27)19(15-7-3-1-4-8-15)11-16-13-24-22-20(16)12-17(14-25-22)26-30(28,29)18-9-5-2-6-10-18/h1-14,26H,(H2,23,27)(H,24,25)/b19-11-. The fourth-order valence-electron chi connectivity index (χ4n) is 3.08. The van der Waals surface area contributed by atoms with Gasteiger partial charge in [0.1, 0.15) is 5.65 Å². The minimum absolute atomic E-state index is 0.152. The smallest absolute Gasteiger partial charge is 0.261 e. The number of sulfonamides is 1. The van der Waals surface area contributed by atoms with Gasteiger partial charge in [0.2, 0.25) is 5.91 Å². The van der Waals surface area contributed by atoms with Crippen LogP contribution in [0.1, 0.15) is 11.1 Å². The zero-order chi connectivity index (χ0) is 21.1. The number of amides is 1. The van der Waals surface area contributed by atoms with E-state index in [2.05, 4.69) is 14.7 Å². The van der Waals surface area contributed by atoms with Crippen LogP contribution in [0.15, 0.2) is 84.0 Å². The van der Waals surface area contributed by atoms with Crippen LogP contribution in [0.3, 0.4) is 0 Å². The van der Waals surface area contributed by atoms with Crippen molar-refractivity contribution < 1.29 is 13.2 Å². The average molecular weight is 418 g/mol. The number of H-pyrrole nitrogens is 1. The van der Waals surface area contributed by atoms with Crippen LogP contribution in [0.4, 0.5) is 5.69 Å². The summed E-state index contributed by atoms with van der Waals surface area (Å²) >= 11 is 0.